The highest BCUT2D eigenvalue weighted by atomic mass is 16.7. The van der Waals surface area contributed by atoms with Crippen LogP contribution in [-0.4, -0.2) is 118 Å². The van der Waals surface area contributed by atoms with E-state index in [1.165, 1.54) is 4.90 Å². The first-order valence-corrected chi connectivity index (χ1v) is 19.9. The van der Waals surface area contributed by atoms with Crippen LogP contribution in [0.2, 0.25) is 0 Å². The molecule has 3 fully saturated rings. The molecule has 3 heterocycles. The standard InChI is InChI=1S/C41H67NO11/c1-9-29-16-23(2)15-24(3)17-35(50-7)39-36(51-8)19-26(5)41(49,53-39)22-37(47)42-14-10-11-30(42)40(48)52-38(27(6)32(44)21-33(29)45)25(4)18-28-12-13-31(43)34(46)20-28/h16,18,24,26-32,34-36,38-39,43-44,46,49H,9-15,17,19-22H2,1-8H3/b23-16+,25-18+/t24-,26+,27+,28-,29+,30-,31+,32-,34+,35-,36-,38?,39+,41-/m0/s1. The molecule has 1 aliphatic carbocycles. The summed E-state index contributed by atoms with van der Waals surface area (Å²) in [6.07, 6.45) is 2.92. The maximum Gasteiger partial charge on any atom is 0.329 e. The van der Waals surface area contributed by atoms with E-state index in [1.54, 1.807) is 21.1 Å². The quantitative estimate of drug-likeness (QED) is 0.234. The monoisotopic (exact) mass is 749 g/mol. The van der Waals surface area contributed by atoms with E-state index in [1.807, 2.05) is 39.8 Å². The second-order valence-electron chi connectivity index (χ2n) is 16.7. The van der Waals surface area contributed by atoms with Gasteiger partial charge in [0.1, 0.15) is 24.0 Å². The fourth-order valence-corrected chi connectivity index (χ4v) is 9.07. The average Bonchev–Trinajstić information content (AvgIpc) is 3.61. The van der Waals surface area contributed by atoms with Crippen molar-refractivity contribution in [2.45, 2.75) is 167 Å². The van der Waals surface area contributed by atoms with Gasteiger partial charge in [0, 0.05) is 44.9 Å². The van der Waals surface area contributed by atoms with Crippen LogP contribution in [0.25, 0.3) is 0 Å². The molecule has 1 unspecified atom stereocenters. The number of methoxy groups -OCH3 is 2. The van der Waals surface area contributed by atoms with E-state index in [9.17, 15) is 34.8 Å². The normalized spacial score (nSPS) is 43.0. The Kier molecular flexibility index (Phi) is 15.7. The lowest BCUT2D eigenvalue weighted by Gasteiger charge is -2.47. The molecule has 12 heteroatoms. The Labute approximate surface area is 316 Å². The Morgan fingerprint density at radius 3 is 2.28 bits per heavy atom. The van der Waals surface area contributed by atoms with E-state index in [0.29, 0.717) is 69.9 Å². The van der Waals surface area contributed by atoms with Crippen LogP contribution in [0.1, 0.15) is 112 Å². The minimum Gasteiger partial charge on any atom is -0.456 e. The lowest BCUT2D eigenvalue weighted by Crippen LogP contribution is -2.59. The van der Waals surface area contributed by atoms with Gasteiger partial charge in [0.05, 0.1) is 36.9 Å². The van der Waals surface area contributed by atoms with Crippen molar-refractivity contribution in [1.82, 2.24) is 4.90 Å². The van der Waals surface area contributed by atoms with E-state index < -0.39 is 78.1 Å². The van der Waals surface area contributed by atoms with E-state index in [0.717, 1.165) is 5.57 Å². The molecule has 3 aliphatic heterocycles. The van der Waals surface area contributed by atoms with Gasteiger partial charge >= 0.3 is 5.97 Å². The molecule has 14 atom stereocenters. The fraction of sp³-hybridized carbons (Fsp3) is 0.829. The topological polar surface area (TPSA) is 172 Å². The van der Waals surface area contributed by atoms with Crippen LogP contribution in [-0.2, 0) is 33.3 Å². The number of amides is 1. The Hall–Kier alpha value is -2.19. The Bertz CT molecular complexity index is 1320. The largest absolute Gasteiger partial charge is 0.456 e. The Morgan fingerprint density at radius 2 is 1.64 bits per heavy atom. The van der Waals surface area contributed by atoms with Gasteiger partial charge in [-0.1, -0.05) is 45.4 Å². The maximum absolute atomic E-state index is 14.1. The third kappa shape index (κ3) is 10.8. The molecular weight excluding hydrogens is 682 g/mol. The number of carbonyl (C=O) groups is 3. The minimum absolute atomic E-state index is 0.0785. The fourth-order valence-electron chi connectivity index (χ4n) is 9.07. The van der Waals surface area contributed by atoms with E-state index in [-0.39, 0.29) is 36.6 Å². The van der Waals surface area contributed by atoms with Crippen molar-refractivity contribution >= 4 is 17.7 Å². The summed E-state index contributed by atoms with van der Waals surface area (Å²) < 4.78 is 24.5. The number of nitrogens with zero attached hydrogens (tertiary/aromatic N) is 1. The van der Waals surface area contributed by atoms with E-state index in [2.05, 4.69) is 6.92 Å². The number of hydrogen-bond donors (Lipinski definition) is 4. The van der Waals surface area contributed by atoms with Crippen LogP contribution in [0.5, 0.6) is 0 Å². The molecule has 0 aromatic carbocycles. The predicted molar refractivity (Wildman–Crippen MR) is 198 cm³/mol. The van der Waals surface area contributed by atoms with Gasteiger partial charge in [0.2, 0.25) is 5.91 Å². The average molecular weight is 750 g/mol. The zero-order chi connectivity index (χ0) is 39.2. The van der Waals surface area contributed by atoms with Crippen molar-refractivity contribution in [2.75, 3.05) is 20.8 Å². The first-order valence-electron chi connectivity index (χ1n) is 19.9. The van der Waals surface area contributed by atoms with Gasteiger partial charge < -0.3 is 44.3 Å². The lowest BCUT2D eigenvalue weighted by molar-refractivity contribution is -0.321. The van der Waals surface area contributed by atoms with Gasteiger partial charge in [-0.3, -0.25) is 9.59 Å². The third-order valence-electron chi connectivity index (χ3n) is 12.4. The summed E-state index contributed by atoms with van der Waals surface area (Å²) >= 11 is 0. The molecule has 4 aliphatic rings. The number of ketones is 1. The summed E-state index contributed by atoms with van der Waals surface area (Å²) in [4.78, 5) is 43.2. The third-order valence-corrected chi connectivity index (χ3v) is 12.4. The van der Waals surface area contributed by atoms with Gasteiger partial charge in [-0.15, -0.1) is 0 Å². The van der Waals surface area contributed by atoms with Crippen LogP contribution >= 0.6 is 0 Å². The molecule has 12 nitrogen and oxygen atoms in total. The van der Waals surface area contributed by atoms with Gasteiger partial charge in [0.25, 0.3) is 0 Å². The highest BCUT2D eigenvalue weighted by Gasteiger charge is 2.51. The predicted octanol–water partition coefficient (Wildman–Crippen LogP) is 4.25. The molecule has 4 N–H and O–H groups in total. The van der Waals surface area contributed by atoms with Gasteiger partial charge in [-0.05, 0) is 89.0 Å². The molecule has 1 amide bonds. The summed E-state index contributed by atoms with van der Waals surface area (Å²) in [5.74, 6) is -4.46. The van der Waals surface area contributed by atoms with Crippen molar-refractivity contribution in [3.63, 3.8) is 0 Å². The molecule has 2 saturated heterocycles. The Morgan fingerprint density at radius 1 is 0.962 bits per heavy atom. The number of allylic oxidation sites excluding steroid dienone is 3. The molecule has 302 valence electrons. The van der Waals surface area contributed by atoms with Crippen molar-refractivity contribution in [1.29, 1.82) is 0 Å². The summed E-state index contributed by atoms with van der Waals surface area (Å²) in [5, 5.41) is 44.0. The van der Waals surface area contributed by atoms with Crippen molar-refractivity contribution in [2.24, 2.45) is 29.6 Å². The van der Waals surface area contributed by atoms with E-state index >= 15 is 0 Å². The first kappa shape index (κ1) is 43.5. The number of Topliss-reactive ketones (excluding diaryl/α,β-unsaturated/α-hetero) is 1. The molecule has 4 rings (SSSR count). The zero-order valence-electron chi connectivity index (χ0n) is 33.2. The van der Waals surface area contributed by atoms with Gasteiger partial charge in [0.15, 0.2) is 5.79 Å². The number of aliphatic hydroxyl groups is 4. The Balaban J connectivity index is 1.71. The van der Waals surface area contributed by atoms with Crippen molar-refractivity contribution < 1.29 is 53.8 Å². The number of rotatable bonds is 5. The molecule has 53 heavy (non-hydrogen) atoms. The zero-order valence-corrected chi connectivity index (χ0v) is 33.2. The number of aliphatic hydroxyl groups excluding tert-OH is 3. The van der Waals surface area contributed by atoms with Crippen LogP contribution in [0.4, 0.5) is 0 Å². The molecule has 2 bridgehead atoms. The summed E-state index contributed by atoms with van der Waals surface area (Å²) in [6, 6.07) is -0.903. The highest BCUT2D eigenvalue weighted by Crippen LogP contribution is 2.40. The number of hydrogen-bond acceptors (Lipinski definition) is 11. The second kappa shape index (κ2) is 19.1. The van der Waals surface area contributed by atoms with Gasteiger partial charge in [-0.25, -0.2) is 4.79 Å². The minimum atomic E-state index is -1.82. The van der Waals surface area contributed by atoms with Crippen LogP contribution in [0, 0.1) is 29.6 Å². The van der Waals surface area contributed by atoms with Crippen LogP contribution in [0.15, 0.2) is 23.3 Å². The van der Waals surface area contributed by atoms with Crippen LogP contribution in [0.3, 0.4) is 0 Å². The van der Waals surface area contributed by atoms with E-state index in [4.69, 9.17) is 18.9 Å². The number of fused-ring (bicyclic) bond motifs is 3. The molecule has 0 spiro atoms. The van der Waals surface area contributed by atoms with Crippen molar-refractivity contribution in [3.05, 3.63) is 23.3 Å². The smallest absolute Gasteiger partial charge is 0.329 e. The lowest BCUT2D eigenvalue weighted by atomic mass is 9.81. The molecular formula is C41H67NO11. The first-order chi connectivity index (χ1) is 25.0. The molecule has 0 radical (unpaired) electrons. The maximum atomic E-state index is 14.1. The molecule has 1 saturated carbocycles. The highest BCUT2D eigenvalue weighted by molar-refractivity contribution is 5.86. The van der Waals surface area contributed by atoms with Gasteiger partial charge in [-0.2, -0.15) is 0 Å². The summed E-state index contributed by atoms with van der Waals surface area (Å²) in [5.41, 5.74) is 1.71. The summed E-state index contributed by atoms with van der Waals surface area (Å²) in [6.45, 7) is 11.8. The number of cyclic esters (lactones) is 1. The second-order valence-corrected chi connectivity index (χ2v) is 16.7. The SMILES string of the molecule is CC[C@@H]1/C=C(\C)C[C@H](C)C[C@H](OC)[C@H]2O[C@@](O)(CC(=O)N3CCC[C@H]3C(=O)OC(/C(C)=C/[C@@H]3CC[C@@H](O)[C@H](O)C3)[C@H](C)[C@@H](O)CC1=O)[C@H](C)C[C@@H]2OC. The number of esters is 1. The van der Waals surface area contributed by atoms with Crippen molar-refractivity contribution in [3.8, 4) is 0 Å². The number of ether oxygens (including phenoxy) is 4. The molecule has 0 aromatic heterocycles. The number of carbonyl (C=O) groups excluding carboxylic acids is 3. The summed E-state index contributed by atoms with van der Waals surface area (Å²) in [7, 11) is 3.21. The van der Waals surface area contributed by atoms with Crippen LogP contribution < -0.4 is 0 Å². The molecule has 0 aromatic rings.